The summed E-state index contributed by atoms with van der Waals surface area (Å²) in [5, 5.41) is 11.7. The standard InChI is InChI=1S/C11H13BrN2/c1-9(14-8-2-7-13)10-3-5-11(12)6-4-10/h3-6,9,14H,2,8H2,1H3/t9-/m1/s1. The zero-order valence-electron chi connectivity index (χ0n) is 8.13. The SMILES string of the molecule is C[C@@H](NCCC#N)c1ccc(Br)cc1. The van der Waals surface area contributed by atoms with Crippen LogP contribution in [-0.4, -0.2) is 6.54 Å². The zero-order chi connectivity index (χ0) is 10.4. The fourth-order valence-electron chi connectivity index (χ4n) is 1.21. The molecular formula is C11H13BrN2. The highest BCUT2D eigenvalue weighted by Crippen LogP contribution is 2.16. The number of hydrogen-bond donors (Lipinski definition) is 1. The van der Waals surface area contributed by atoms with E-state index in [0.29, 0.717) is 12.5 Å². The van der Waals surface area contributed by atoms with Gasteiger partial charge in [-0.1, -0.05) is 28.1 Å². The molecule has 0 aliphatic rings. The molecule has 1 atom stereocenters. The fourth-order valence-corrected chi connectivity index (χ4v) is 1.48. The first-order valence-corrected chi connectivity index (χ1v) is 5.39. The van der Waals surface area contributed by atoms with E-state index in [1.807, 2.05) is 12.1 Å². The monoisotopic (exact) mass is 252 g/mol. The molecule has 0 amide bonds. The maximum absolute atomic E-state index is 8.39. The molecule has 0 bridgehead atoms. The van der Waals surface area contributed by atoms with E-state index < -0.39 is 0 Å². The van der Waals surface area contributed by atoms with E-state index in [9.17, 15) is 0 Å². The molecule has 0 aliphatic carbocycles. The van der Waals surface area contributed by atoms with Crippen LogP contribution in [0.4, 0.5) is 0 Å². The first-order valence-electron chi connectivity index (χ1n) is 4.60. The second-order valence-electron chi connectivity index (χ2n) is 3.14. The fraction of sp³-hybridized carbons (Fsp3) is 0.364. The molecule has 2 nitrogen and oxygen atoms in total. The van der Waals surface area contributed by atoms with Crippen molar-refractivity contribution in [2.45, 2.75) is 19.4 Å². The van der Waals surface area contributed by atoms with Gasteiger partial charge in [0.05, 0.1) is 6.07 Å². The van der Waals surface area contributed by atoms with Crippen LogP contribution in [0.5, 0.6) is 0 Å². The highest BCUT2D eigenvalue weighted by atomic mass is 79.9. The first kappa shape index (κ1) is 11.2. The van der Waals surface area contributed by atoms with Crippen molar-refractivity contribution < 1.29 is 0 Å². The van der Waals surface area contributed by atoms with E-state index in [1.54, 1.807) is 0 Å². The summed E-state index contributed by atoms with van der Waals surface area (Å²) in [5.41, 5.74) is 1.24. The van der Waals surface area contributed by atoms with Gasteiger partial charge in [-0.2, -0.15) is 5.26 Å². The van der Waals surface area contributed by atoms with E-state index in [0.717, 1.165) is 11.0 Å². The molecule has 0 heterocycles. The van der Waals surface area contributed by atoms with Crippen molar-refractivity contribution >= 4 is 15.9 Å². The van der Waals surface area contributed by atoms with Crippen LogP contribution in [0.3, 0.4) is 0 Å². The quantitative estimate of drug-likeness (QED) is 0.837. The van der Waals surface area contributed by atoms with Gasteiger partial charge in [-0.25, -0.2) is 0 Å². The number of halogens is 1. The van der Waals surface area contributed by atoms with Crippen LogP contribution < -0.4 is 5.32 Å². The Hall–Kier alpha value is -0.850. The van der Waals surface area contributed by atoms with Gasteiger partial charge in [0, 0.05) is 23.5 Å². The molecule has 14 heavy (non-hydrogen) atoms. The third-order valence-corrected chi connectivity index (χ3v) is 2.59. The molecule has 0 unspecified atom stereocenters. The van der Waals surface area contributed by atoms with E-state index >= 15 is 0 Å². The summed E-state index contributed by atoms with van der Waals surface area (Å²) in [6, 6.07) is 10.6. The van der Waals surface area contributed by atoms with E-state index in [2.05, 4.69) is 46.4 Å². The highest BCUT2D eigenvalue weighted by Gasteiger charge is 2.02. The van der Waals surface area contributed by atoms with Gasteiger partial charge in [-0.15, -0.1) is 0 Å². The molecule has 0 fully saturated rings. The van der Waals surface area contributed by atoms with Gasteiger partial charge in [0.15, 0.2) is 0 Å². The summed E-state index contributed by atoms with van der Waals surface area (Å²) in [5.74, 6) is 0. The number of rotatable bonds is 4. The van der Waals surface area contributed by atoms with Crippen LogP contribution in [0.1, 0.15) is 24.9 Å². The Morgan fingerprint density at radius 3 is 2.64 bits per heavy atom. The maximum Gasteiger partial charge on any atom is 0.0635 e. The lowest BCUT2D eigenvalue weighted by Crippen LogP contribution is -2.19. The summed E-state index contributed by atoms with van der Waals surface area (Å²) >= 11 is 3.39. The Kier molecular flexibility index (Phi) is 4.64. The average molecular weight is 253 g/mol. The molecule has 0 aromatic heterocycles. The lowest BCUT2D eigenvalue weighted by Gasteiger charge is -2.12. The molecule has 1 aromatic carbocycles. The lowest BCUT2D eigenvalue weighted by molar-refractivity contribution is 0.583. The Labute approximate surface area is 93.1 Å². The van der Waals surface area contributed by atoms with Crippen LogP contribution >= 0.6 is 15.9 Å². The molecular weight excluding hydrogens is 240 g/mol. The molecule has 1 N–H and O–H groups in total. The number of nitrogens with zero attached hydrogens (tertiary/aromatic N) is 1. The molecule has 3 heteroatoms. The Bertz CT molecular complexity index is 313. The van der Waals surface area contributed by atoms with Crippen molar-refractivity contribution in [1.29, 1.82) is 5.26 Å². The van der Waals surface area contributed by atoms with Crippen molar-refractivity contribution in [1.82, 2.24) is 5.32 Å². The largest absolute Gasteiger partial charge is 0.309 e. The number of nitriles is 1. The van der Waals surface area contributed by atoms with Crippen molar-refractivity contribution in [3.05, 3.63) is 34.3 Å². The maximum atomic E-state index is 8.39. The predicted octanol–water partition coefficient (Wildman–Crippen LogP) is 3.01. The van der Waals surface area contributed by atoms with Crippen LogP contribution in [0.15, 0.2) is 28.7 Å². The minimum atomic E-state index is 0.302. The molecule has 1 aromatic rings. The average Bonchev–Trinajstić information content (AvgIpc) is 2.19. The van der Waals surface area contributed by atoms with Gasteiger partial charge in [0.25, 0.3) is 0 Å². The van der Waals surface area contributed by atoms with Crippen LogP contribution in [0, 0.1) is 11.3 Å². The summed E-state index contributed by atoms with van der Waals surface area (Å²) in [6.45, 7) is 2.84. The predicted molar refractivity (Wildman–Crippen MR) is 60.8 cm³/mol. The molecule has 1 rings (SSSR count). The van der Waals surface area contributed by atoms with E-state index in [4.69, 9.17) is 5.26 Å². The van der Waals surface area contributed by atoms with E-state index in [1.165, 1.54) is 5.56 Å². The summed E-state index contributed by atoms with van der Waals surface area (Å²) < 4.78 is 1.09. The highest BCUT2D eigenvalue weighted by molar-refractivity contribution is 9.10. The Morgan fingerprint density at radius 1 is 1.43 bits per heavy atom. The normalized spacial score (nSPS) is 12.1. The molecule has 0 aliphatic heterocycles. The molecule has 0 saturated heterocycles. The smallest absolute Gasteiger partial charge is 0.0635 e. The van der Waals surface area contributed by atoms with Crippen molar-refractivity contribution in [3.8, 4) is 6.07 Å². The summed E-state index contributed by atoms with van der Waals surface area (Å²) in [4.78, 5) is 0. The van der Waals surface area contributed by atoms with E-state index in [-0.39, 0.29) is 0 Å². The van der Waals surface area contributed by atoms with Crippen LogP contribution in [-0.2, 0) is 0 Å². The topological polar surface area (TPSA) is 35.8 Å². The van der Waals surface area contributed by atoms with Gasteiger partial charge in [-0.3, -0.25) is 0 Å². The van der Waals surface area contributed by atoms with Gasteiger partial charge >= 0.3 is 0 Å². The molecule has 74 valence electrons. The first-order chi connectivity index (χ1) is 6.74. The number of benzene rings is 1. The second kappa shape index (κ2) is 5.79. The summed E-state index contributed by atoms with van der Waals surface area (Å²) in [7, 11) is 0. The zero-order valence-corrected chi connectivity index (χ0v) is 9.71. The number of nitrogens with one attached hydrogen (secondary N) is 1. The third kappa shape index (κ3) is 3.49. The lowest BCUT2D eigenvalue weighted by atomic mass is 10.1. The van der Waals surface area contributed by atoms with Gasteiger partial charge in [0.2, 0.25) is 0 Å². The van der Waals surface area contributed by atoms with Crippen molar-refractivity contribution in [2.24, 2.45) is 0 Å². The minimum absolute atomic E-state index is 0.302. The van der Waals surface area contributed by atoms with Gasteiger partial charge < -0.3 is 5.32 Å². The molecule has 0 radical (unpaired) electrons. The van der Waals surface area contributed by atoms with Gasteiger partial charge in [0.1, 0.15) is 0 Å². The van der Waals surface area contributed by atoms with Crippen LogP contribution in [0.25, 0.3) is 0 Å². The Balaban J connectivity index is 2.48. The van der Waals surface area contributed by atoms with Gasteiger partial charge in [-0.05, 0) is 24.6 Å². The second-order valence-corrected chi connectivity index (χ2v) is 4.05. The Morgan fingerprint density at radius 2 is 2.07 bits per heavy atom. The van der Waals surface area contributed by atoms with Crippen LogP contribution in [0.2, 0.25) is 0 Å². The third-order valence-electron chi connectivity index (χ3n) is 2.06. The number of hydrogen-bond acceptors (Lipinski definition) is 2. The molecule has 0 saturated carbocycles. The van der Waals surface area contributed by atoms with Crippen molar-refractivity contribution in [3.63, 3.8) is 0 Å². The molecule has 0 spiro atoms. The minimum Gasteiger partial charge on any atom is -0.309 e. The summed E-state index contributed by atoms with van der Waals surface area (Å²) in [6.07, 6.45) is 0.556. The van der Waals surface area contributed by atoms with Crippen molar-refractivity contribution in [2.75, 3.05) is 6.54 Å².